The third-order valence-electron chi connectivity index (χ3n) is 5.21. The first-order chi connectivity index (χ1) is 16.2. The van der Waals surface area contributed by atoms with Crippen molar-refractivity contribution in [3.63, 3.8) is 0 Å². The number of amides is 1. The van der Waals surface area contributed by atoms with Gasteiger partial charge in [0.15, 0.2) is 11.2 Å². The summed E-state index contributed by atoms with van der Waals surface area (Å²) in [4.78, 5) is 29.9. The van der Waals surface area contributed by atoms with Crippen LogP contribution < -0.4 is 15.6 Å². The van der Waals surface area contributed by atoms with E-state index in [1.807, 2.05) is 18.2 Å². The molecular weight excluding hydrogens is 477 g/mol. The van der Waals surface area contributed by atoms with Crippen molar-refractivity contribution in [1.82, 2.24) is 24.6 Å². The molecule has 1 amide bonds. The largest absolute Gasteiger partial charge is 0.478 e. The van der Waals surface area contributed by atoms with E-state index in [2.05, 4.69) is 15.4 Å². The number of hydrogen-bond donors (Lipinski definition) is 1. The van der Waals surface area contributed by atoms with E-state index in [4.69, 9.17) is 27.9 Å². The summed E-state index contributed by atoms with van der Waals surface area (Å²) in [5, 5.41) is 8.73. The van der Waals surface area contributed by atoms with E-state index in [0.29, 0.717) is 39.9 Å². The molecule has 2 aromatic carbocycles. The number of halogens is 2. The number of benzene rings is 2. The van der Waals surface area contributed by atoms with E-state index in [1.54, 1.807) is 48.9 Å². The number of rotatable bonds is 8. The zero-order valence-corrected chi connectivity index (χ0v) is 20.2. The normalized spacial score (nSPS) is 11.5. The molecule has 0 bridgehead atoms. The smallest absolute Gasteiger partial charge is 0.264 e. The van der Waals surface area contributed by atoms with Crippen LogP contribution in [-0.4, -0.2) is 37.4 Å². The number of carbonyl (C=O) groups excluding carboxylic acids is 1. The quantitative estimate of drug-likeness (QED) is 0.396. The molecule has 0 aliphatic rings. The zero-order chi connectivity index (χ0) is 24.3. The van der Waals surface area contributed by atoms with E-state index < -0.39 is 5.60 Å². The molecule has 2 heterocycles. The van der Waals surface area contributed by atoms with Crippen LogP contribution in [0.5, 0.6) is 5.75 Å². The van der Waals surface area contributed by atoms with Gasteiger partial charge in [-0.2, -0.15) is 5.10 Å². The minimum Gasteiger partial charge on any atom is -0.478 e. The Hall–Kier alpha value is -3.36. The Morgan fingerprint density at radius 1 is 1.12 bits per heavy atom. The lowest BCUT2D eigenvalue weighted by atomic mass is 10.1. The van der Waals surface area contributed by atoms with Crippen molar-refractivity contribution >= 4 is 40.1 Å². The SMILES string of the molecule is CC(C)(Oc1ccc(Cl)cc1)C(=O)NCCn1ncc2c(=O)n(Cc3cccc(Cl)c3)cnc21. The van der Waals surface area contributed by atoms with Crippen molar-refractivity contribution in [3.05, 3.63) is 87.0 Å². The molecule has 34 heavy (non-hydrogen) atoms. The minimum absolute atomic E-state index is 0.197. The molecule has 0 radical (unpaired) electrons. The molecule has 8 nitrogen and oxygen atoms in total. The van der Waals surface area contributed by atoms with Crippen molar-refractivity contribution in [2.45, 2.75) is 32.5 Å². The summed E-state index contributed by atoms with van der Waals surface area (Å²) in [6.07, 6.45) is 2.99. The van der Waals surface area contributed by atoms with Crippen LogP contribution in [0, 0.1) is 0 Å². The van der Waals surface area contributed by atoms with Gasteiger partial charge in [-0.15, -0.1) is 0 Å². The summed E-state index contributed by atoms with van der Waals surface area (Å²) >= 11 is 11.9. The average Bonchev–Trinajstić information content (AvgIpc) is 3.21. The van der Waals surface area contributed by atoms with E-state index >= 15 is 0 Å². The number of nitrogens with one attached hydrogen (secondary N) is 1. The Morgan fingerprint density at radius 3 is 2.62 bits per heavy atom. The summed E-state index contributed by atoms with van der Waals surface area (Å²) in [6.45, 7) is 4.36. The molecule has 0 unspecified atom stereocenters. The molecule has 0 saturated carbocycles. The van der Waals surface area contributed by atoms with Crippen LogP contribution in [0.25, 0.3) is 11.0 Å². The molecule has 1 N–H and O–H groups in total. The van der Waals surface area contributed by atoms with Gasteiger partial charge in [-0.3, -0.25) is 14.2 Å². The highest BCUT2D eigenvalue weighted by Gasteiger charge is 2.29. The standard InChI is InChI=1S/C24H23Cl2N5O3/c1-24(2,34-19-8-6-17(25)7-9-19)23(33)27-10-11-31-21-20(13-29-31)22(32)30(15-28-21)14-16-4-3-5-18(26)12-16/h3-9,12-13,15H,10-11,14H2,1-2H3,(H,27,33). The average molecular weight is 500 g/mol. The fourth-order valence-electron chi connectivity index (χ4n) is 3.44. The van der Waals surface area contributed by atoms with Crippen LogP contribution in [0.3, 0.4) is 0 Å². The fraction of sp³-hybridized carbons (Fsp3) is 0.250. The Bertz CT molecular complexity index is 1380. The maximum absolute atomic E-state index is 12.9. The van der Waals surface area contributed by atoms with Crippen LogP contribution >= 0.6 is 23.2 Å². The van der Waals surface area contributed by atoms with Crippen molar-refractivity contribution in [1.29, 1.82) is 0 Å². The van der Waals surface area contributed by atoms with Crippen LogP contribution in [0.4, 0.5) is 0 Å². The van der Waals surface area contributed by atoms with E-state index in [1.165, 1.54) is 17.1 Å². The molecule has 0 aliphatic carbocycles. The van der Waals surface area contributed by atoms with Gasteiger partial charge in [0.25, 0.3) is 11.5 Å². The number of ether oxygens (including phenoxy) is 1. The van der Waals surface area contributed by atoms with E-state index in [0.717, 1.165) is 5.56 Å². The summed E-state index contributed by atoms with van der Waals surface area (Å²) in [5.41, 5.74) is 0.0668. The first kappa shape index (κ1) is 23.8. The summed E-state index contributed by atoms with van der Waals surface area (Å²) in [7, 11) is 0. The maximum atomic E-state index is 12.9. The van der Waals surface area contributed by atoms with Crippen LogP contribution in [0.15, 0.2) is 65.8 Å². The van der Waals surface area contributed by atoms with Gasteiger partial charge in [-0.05, 0) is 55.8 Å². The number of fused-ring (bicyclic) bond motifs is 1. The highest BCUT2D eigenvalue weighted by molar-refractivity contribution is 6.30. The predicted octanol–water partition coefficient (Wildman–Crippen LogP) is 3.92. The number of aromatic nitrogens is 4. The lowest BCUT2D eigenvalue weighted by molar-refractivity contribution is -0.134. The van der Waals surface area contributed by atoms with Gasteiger partial charge in [-0.1, -0.05) is 35.3 Å². The van der Waals surface area contributed by atoms with Crippen molar-refractivity contribution in [2.24, 2.45) is 0 Å². The third-order valence-corrected chi connectivity index (χ3v) is 5.69. The van der Waals surface area contributed by atoms with Gasteiger partial charge in [0, 0.05) is 16.6 Å². The van der Waals surface area contributed by atoms with Gasteiger partial charge < -0.3 is 10.1 Å². The fourth-order valence-corrected chi connectivity index (χ4v) is 3.78. The summed E-state index contributed by atoms with van der Waals surface area (Å²) < 4.78 is 8.91. The van der Waals surface area contributed by atoms with Crippen molar-refractivity contribution < 1.29 is 9.53 Å². The van der Waals surface area contributed by atoms with Crippen LogP contribution in [0.1, 0.15) is 19.4 Å². The van der Waals surface area contributed by atoms with Crippen molar-refractivity contribution in [2.75, 3.05) is 6.54 Å². The molecule has 10 heteroatoms. The first-order valence-electron chi connectivity index (χ1n) is 10.6. The molecular formula is C24H23Cl2N5O3. The highest BCUT2D eigenvalue weighted by atomic mass is 35.5. The molecule has 0 fully saturated rings. The highest BCUT2D eigenvalue weighted by Crippen LogP contribution is 2.21. The molecule has 4 aromatic rings. The molecule has 0 aliphatic heterocycles. The van der Waals surface area contributed by atoms with Crippen LogP contribution in [-0.2, 0) is 17.9 Å². The lowest BCUT2D eigenvalue weighted by Gasteiger charge is -2.25. The summed E-state index contributed by atoms with van der Waals surface area (Å²) in [6, 6.07) is 14.1. The molecule has 0 spiro atoms. The second kappa shape index (κ2) is 9.87. The predicted molar refractivity (Wildman–Crippen MR) is 132 cm³/mol. The molecule has 4 rings (SSSR count). The van der Waals surface area contributed by atoms with Gasteiger partial charge in [0.1, 0.15) is 17.5 Å². The number of carbonyl (C=O) groups is 1. The Labute approximate surface area is 206 Å². The number of nitrogens with zero attached hydrogens (tertiary/aromatic N) is 4. The van der Waals surface area contributed by atoms with Gasteiger partial charge in [0.05, 0.1) is 19.3 Å². The van der Waals surface area contributed by atoms with Gasteiger partial charge in [0.2, 0.25) is 0 Å². The Kier molecular flexibility index (Phi) is 6.90. The Morgan fingerprint density at radius 2 is 1.88 bits per heavy atom. The second-order valence-corrected chi connectivity index (χ2v) is 9.11. The monoisotopic (exact) mass is 499 g/mol. The Balaban J connectivity index is 1.39. The number of hydrogen-bond acceptors (Lipinski definition) is 5. The van der Waals surface area contributed by atoms with Gasteiger partial charge in [-0.25, -0.2) is 9.67 Å². The van der Waals surface area contributed by atoms with E-state index in [-0.39, 0.29) is 18.0 Å². The van der Waals surface area contributed by atoms with Crippen molar-refractivity contribution in [3.8, 4) is 5.75 Å². The summed E-state index contributed by atoms with van der Waals surface area (Å²) in [5.74, 6) is 0.261. The molecule has 0 atom stereocenters. The molecule has 0 saturated heterocycles. The second-order valence-electron chi connectivity index (χ2n) is 8.23. The minimum atomic E-state index is -1.09. The van der Waals surface area contributed by atoms with E-state index in [9.17, 15) is 9.59 Å². The third kappa shape index (κ3) is 5.40. The van der Waals surface area contributed by atoms with Crippen LogP contribution in [0.2, 0.25) is 10.0 Å². The topological polar surface area (TPSA) is 91.0 Å². The first-order valence-corrected chi connectivity index (χ1v) is 11.4. The van der Waals surface area contributed by atoms with Gasteiger partial charge >= 0.3 is 0 Å². The maximum Gasteiger partial charge on any atom is 0.264 e. The zero-order valence-electron chi connectivity index (χ0n) is 18.7. The molecule has 176 valence electrons. The molecule has 2 aromatic heterocycles. The lowest BCUT2D eigenvalue weighted by Crippen LogP contribution is -2.47.